The summed E-state index contributed by atoms with van der Waals surface area (Å²) < 4.78 is 55.1. The number of aromatic nitrogens is 4. The largest absolute Gasteiger partial charge is 0.481 e. The van der Waals surface area contributed by atoms with E-state index in [0.29, 0.717) is 22.7 Å². The molecule has 0 saturated carbocycles. The van der Waals surface area contributed by atoms with Crippen LogP contribution in [0.25, 0.3) is 21.9 Å². The number of anilines is 2. The number of hydrogen-bond acceptors (Lipinski definition) is 11. The van der Waals surface area contributed by atoms with Crippen molar-refractivity contribution >= 4 is 47.2 Å². The first-order valence-corrected chi connectivity index (χ1v) is 16.4. The molecule has 5 atom stereocenters. The van der Waals surface area contributed by atoms with E-state index in [9.17, 15) is 9.36 Å². The van der Waals surface area contributed by atoms with Crippen LogP contribution in [0.3, 0.4) is 0 Å². The molecule has 2 aromatic heterocycles. The normalized spacial score (nSPS) is 22.0. The summed E-state index contributed by atoms with van der Waals surface area (Å²) in [6.45, 7) is 6.03. The van der Waals surface area contributed by atoms with Gasteiger partial charge in [-0.15, -0.1) is 0 Å². The maximum atomic E-state index is 16.3. The van der Waals surface area contributed by atoms with Gasteiger partial charge in [0.15, 0.2) is 23.3 Å². The van der Waals surface area contributed by atoms with Crippen LogP contribution in [0.4, 0.5) is 16.2 Å². The number of esters is 1. The molecule has 1 fully saturated rings. The Bertz CT molecular complexity index is 1730. The molecule has 1 saturated heterocycles. The molecule has 5 rings (SSSR count). The third-order valence-electron chi connectivity index (χ3n) is 7.29. The minimum Gasteiger partial charge on any atom is -0.481 e. The molecule has 0 unspecified atom stereocenters. The number of nitrogen functional groups attached to an aromatic ring is 1. The molecular weight excluding hydrogens is 604 g/mol. The second kappa shape index (κ2) is 12.9. The van der Waals surface area contributed by atoms with E-state index in [1.165, 1.54) is 13.3 Å². The Morgan fingerprint density at radius 3 is 2.69 bits per heavy atom. The van der Waals surface area contributed by atoms with E-state index in [2.05, 4.69) is 20.0 Å². The summed E-state index contributed by atoms with van der Waals surface area (Å²) in [5.41, 5.74) is 6.83. The maximum Gasteiger partial charge on any atom is 0.323 e. The fourth-order valence-electron chi connectivity index (χ4n) is 5.27. The number of alkyl halides is 1. The van der Waals surface area contributed by atoms with Gasteiger partial charge in [-0.25, -0.2) is 14.5 Å². The molecule has 1 aliphatic rings. The van der Waals surface area contributed by atoms with E-state index in [0.717, 1.165) is 10.8 Å². The number of nitrogens with one attached hydrogen (secondary N) is 1. The molecule has 3 N–H and O–H groups in total. The predicted octanol–water partition coefficient (Wildman–Crippen LogP) is 5.02. The highest BCUT2D eigenvalue weighted by atomic mass is 31.2. The summed E-state index contributed by atoms with van der Waals surface area (Å²) >= 11 is 0. The number of imidazole rings is 1. The average Bonchev–Trinajstić information content (AvgIpc) is 3.53. The van der Waals surface area contributed by atoms with Crippen molar-refractivity contribution in [2.45, 2.75) is 58.3 Å². The van der Waals surface area contributed by atoms with Crippen molar-refractivity contribution in [3.63, 3.8) is 0 Å². The number of carbonyl (C=O) groups excluding carboxylic acids is 1. The zero-order chi connectivity index (χ0) is 32.5. The fraction of sp³-hybridized carbons (Fsp3) is 0.467. The van der Waals surface area contributed by atoms with Crippen LogP contribution in [0.1, 0.15) is 40.3 Å². The van der Waals surface area contributed by atoms with Gasteiger partial charge in [0.25, 0.3) is 0 Å². The number of nitrogens with two attached hydrogens (primary N) is 1. The molecule has 0 bridgehead atoms. The number of benzene rings is 2. The summed E-state index contributed by atoms with van der Waals surface area (Å²) in [6, 6.07) is 12.0. The zero-order valence-corrected chi connectivity index (χ0v) is 27.0. The monoisotopic (exact) mass is 643 g/mol. The van der Waals surface area contributed by atoms with Crippen molar-refractivity contribution in [3.05, 3.63) is 48.8 Å². The van der Waals surface area contributed by atoms with Gasteiger partial charge >= 0.3 is 13.5 Å². The van der Waals surface area contributed by atoms with Crippen molar-refractivity contribution in [2.75, 3.05) is 37.7 Å². The topological polar surface area (TPSA) is 156 Å². The predicted molar refractivity (Wildman–Crippen MR) is 169 cm³/mol. The van der Waals surface area contributed by atoms with E-state index >= 15 is 4.39 Å². The Kier molecular flexibility index (Phi) is 9.31. The van der Waals surface area contributed by atoms with Gasteiger partial charge in [-0.05, 0) is 32.2 Å². The van der Waals surface area contributed by atoms with Crippen LogP contribution in [-0.2, 0) is 23.4 Å². The Morgan fingerprint density at radius 2 is 1.96 bits per heavy atom. The van der Waals surface area contributed by atoms with Crippen molar-refractivity contribution in [2.24, 2.45) is 5.92 Å². The van der Waals surface area contributed by atoms with Crippen LogP contribution in [0, 0.1) is 5.92 Å². The molecule has 4 aromatic rings. The first-order chi connectivity index (χ1) is 21.3. The lowest BCUT2D eigenvalue weighted by Gasteiger charge is -2.27. The van der Waals surface area contributed by atoms with Gasteiger partial charge in [0.05, 0.1) is 12.4 Å². The lowest BCUT2D eigenvalue weighted by atomic mass is 10.1. The van der Waals surface area contributed by atoms with E-state index in [1.807, 2.05) is 43.3 Å². The van der Waals surface area contributed by atoms with Gasteiger partial charge < -0.3 is 29.4 Å². The molecule has 0 aliphatic carbocycles. The van der Waals surface area contributed by atoms with Crippen LogP contribution in [0.2, 0.25) is 0 Å². The Hall–Kier alpha value is -3.84. The number of rotatable bonds is 12. The Balaban J connectivity index is 1.36. The highest BCUT2D eigenvalue weighted by Crippen LogP contribution is 2.49. The number of hydrogen-bond donors (Lipinski definition) is 2. The lowest BCUT2D eigenvalue weighted by molar-refractivity contribution is -0.172. The van der Waals surface area contributed by atoms with Crippen molar-refractivity contribution < 1.29 is 32.5 Å². The van der Waals surface area contributed by atoms with Crippen LogP contribution in [0.15, 0.2) is 48.8 Å². The quantitative estimate of drug-likeness (QED) is 0.157. The van der Waals surface area contributed by atoms with Gasteiger partial charge in [0, 0.05) is 31.8 Å². The molecule has 0 spiro atoms. The lowest BCUT2D eigenvalue weighted by Crippen LogP contribution is -2.37. The van der Waals surface area contributed by atoms with Gasteiger partial charge in [-0.1, -0.05) is 43.3 Å². The summed E-state index contributed by atoms with van der Waals surface area (Å²) in [4.78, 5) is 27.4. The smallest absolute Gasteiger partial charge is 0.323 e. The standard InChI is InChI=1S/C30H39FN7O6P/c1-18(2)43-28(39)20(4)36-45(40,17-41-23-13-9-11-21-10-7-8-12-22(21)23)42-15-30(31)14-19(3)27(44-30)38-16-33-24-25(37(5)6)34-29(32)35-26(24)38/h7-13,16,18-20,27H,14-15,17H2,1-6H3,(H,36,40)(H2,32,34,35)/t19-,20+,27+,30-,45-/m0/s1. The summed E-state index contributed by atoms with van der Waals surface area (Å²) in [7, 11) is -0.421. The average molecular weight is 644 g/mol. The highest BCUT2D eigenvalue weighted by Gasteiger charge is 2.48. The van der Waals surface area contributed by atoms with Crippen molar-refractivity contribution in [3.8, 4) is 5.75 Å². The maximum absolute atomic E-state index is 16.3. The van der Waals surface area contributed by atoms with Crippen LogP contribution in [-0.4, -0.2) is 70.5 Å². The van der Waals surface area contributed by atoms with Crippen molar-refractivity contribution in [1.82, 2.24) is 24.6 Å². The van der Waals surface area contributed by atoms with Gasteiger partial charge in [0.1, 0.15) is 24.6 Å². The van der Waals surface area contributed by atoms with Gasteiger partial charge in [-0.3, -0.25) is 13.9 Å². The molecule has 1 aliphatic heterocycles. The fourth-order valence-corrected chi connectivity index (χ4v) is 6.90. The molecule has 45 heavy (non-hydrogen) atoms. The van der Waals surface area contributed by atoms with Gasteiger partial charge in [0.2, 0.25) is 11.8 Å². The minimum absolute atomic E-state index is 0.0387. The zero-order valence-electron chi connectivity index (χ0n) is 26.1. The second-order valence-electron chi connectivity index (χ2n) is 11.7. The first kappa shape index (κ1) is 32.6. The first-order valence-electron chi connectivity index (χ1n) is 14.6. The van der Waals surface area contributed by atoms with Crippen LogP contribution >= 0.6 is 7.52 Å². The number of carbonyl (C=O) groups is 1. The number of nitrogens with zero attached hydrogens (tertiary/aromatic N) is 5. The third-order valence-corrected chi connectivity index (χ3v) is 9.08. The number of ether oxygens (including phenoxy) is 3. The van der Waals surface area contributed by atoms with E-state index in [1.54, 1.807) is 43.5 Å². The highest BCUT2D eigenvalue weighted by molar-refractivity contribution is 7.56. The molecule has 2 aromatic carbocycles. The molecule has 3 heterocycles. The SMILES string of the molecule is CC(C)OC(=O)[C@@H](C)N[P@](=O)(COc1cccc2ccccc12)OC[C@]1(F)C[C@H](C)[C@H](n2cnc3c(N(C)C)nc(N)nc32)O1. The molecule has 0 radical (unpaired) electrons. The van der Waals surface area contributed by atoms with Crippen LogP contribution < -0.4 is 20.5 Å². The molecule has 13 nitrogen and oxygen atoms in total. The van der Waals surface area contributed by atoms with E-state index in [-0.39, 0.29) is 24.4 Å². The summed E-state index contributed by atoms with van der Waals surface area (Å²) in [6.07, 6.45) is -0.251. The Morgan fingerprint density at radius 1 is 1.22 bits per heavy atom. The molecule has 15 heteroatoms. The summed E-state index contributed by atoms with van der Waals surface area (Å²) in [5, 5.41) is 4.44. The molecular formula is C30H39FN7O6P. The summed E-state index contributed by atoms with van der Waals surface area (Å²) in [5.74, 6) is -2.30. The van der Waals surface area contributed by atoms with Crippen LogP contribution in [0.5, 0.6) is 5.75 Å². The molecule has 242 valence electrons. The number of fused-ring (bicyclic) bond motifs is 2. The molecule has 0 amide bonds. The van der Waals surface area contributed by atoms with E-state index in [4.69, 9.17) is 24.5 Å². The Labute approximate surface area is 260 Å². The second-order valence-corrected chi connectivity index (χ2v) is 13.9. The van der Waals surface area contributed by atoms with Crippen molar-refractivity contribution in [1.29, 1.82) is 0 Å². The number of halogens is 1. The minimum atomic E-state index is -4.03. The van der Waals surface area contributed by atoms with E-state index < -0.39 is 44.6 Å². The van der Waals surface area contributed by atoms with Gasteiger partial charge in [-0.2, -0.15) is 9.97 Å². The third kappa shape index (κ3) is 7.19.